The summed E-state index contributed by atoms with van der Waals surface area (Å²) in [5.74, 6) is -2.87. The number of nitrogens with zero attached hydrogens (tertiary/aromatic N) is 1. The van der Waals surface area contributed by atoms with E-state index in [4.69, 9.17) is 11.6 Å². The number of ether oxygens (including phenoxy) is 1. The number of alkyl halides is 3. The van der Waals surface area contributed by atoms with Gasteiger partial charge in [-0.1, -0.05) is 29.8 Å². The third-order valence-electron chi connectivity index (χ3n) is 3.71. The fourth-order valence-electron chi connectivity index (χ4n) is 2.31. The number of nitrogens with one attached hydrogen (secondary N) is 2. The van der Waals surface area contributed by atoms with Crippen LogP contribution in [-0.2, 0) is 16.1 Å². The first-order chi connectivity index (χ1) is 13.2. The largest absolute Gasteiger partial charge is 0.463 e. The molecule has 0 bridgehead atoms. The molecule has 150 valence electrons. The zero-order valence-electron chi connectivity index (χ0n) is 14.7. The monoisotopic (exact) mass is 415 g/mol. The van der Waals surface area contributed by atoms with Gasteiger partial charge in [0.1, 0.15) is 0 Å². The maximum atomic E-state index is 14.0. The van der Waals surface area contributed by atoms with Gasteiger partial charge in [-0.05, 0) is 30.7 Å². The second-order valence-corrected chi connectivity index (χ2v) is 6.02. The molecule has 2 N–H and O–H groups in total. The van der Waals surface area contributed by atoms with E-state index >= 15 is 0 Å². The molecule has 10 heteroatoms. The lowest BCUT2D eigenvalue weighted by Crippen LogP contribution is -2.72. The number of halogens is 4. The van der Waals surface area contributed by atoms with Gasteiger partial charge in [-0.25, -0.2) is 4.79 Å². The van der Waals surface area contributed by atoms with Crippen LogP contribution in [0, 0.1) is 0 Å². The van der Waals surface area contributed by atoms with Crippen molar-refractivity contribution in [3.05, 3.63) is 64.9 Å². The van der Waals surface area contributed by atoms with E-state index in [0.29, 0.717) is 5.56 Å². The van der Waals surface area contributed by atoms with Crippen molar-refractivity contribution in [2.75, 3.05) is 6.61 Å². The van der Waals surface area contributed by atoms with E-state index < -0.39 is 30.3 Å². The second kappa shape index (κ2) is 9.03. The number of pyridine rings is 1. The quantitative estimate of drug-likeness (QED) is 0.536. The molecule has 1 amide bonds. The van der Waals surface area contributed by atoms with Crippen molar-refractivity contribution in [1.29, 1.82) is 0 Å². The number of aromatic nitrogens is 1. The first-order valence-electron chi connectivity index (χ1n) is 8.16. The lowest BCUT2D eigenvalue weighted by Gasteiger charge is -2.35. The van der Waals surface area contributed by atoms with Crippen LogP contribution < -0.4 is 10.6 Å². The molecule has 6 nitrogen and oxygen atoms in total. The van der Waals surface area contributed by atoms with Crippen LogP contribution >= 0.6 is 11.6 Å². The van der Waals surface area contributed by atoms with Crippen LogP contribution in [0.15, 0.2) is 48.8 Å². The van der Waals surface area contributed by atoms with Crippen molar-refractivity contribution in [3.63, 3.8) is 0 Å². The first-order valence-corrected chi connectivity index (χ1v) is 8.54. The van der Waals surface area contributed by atoms with Crippen molar-refractivity contribution in [1.82, 2.24) is 15.6 Å². The van der Waals surface area contributed by atoms with Gasteiger partial charge in [0.05, 0.1) is 17.2 Å². The molecule has 0 radical (unpaired) electrons. The summed E-state index contributed by atoms with van der Waals surface area (Å²) >= 11 is 5.89. The Bertz CT molecular complexity index is 834. The molecule has 0 aliphatic rings. The van der Waals surface area contributed by atoms with Crippen molar-refractivity contribution in [2.24, 2.45) is 0 Å². The minimum absolute atomic E-state index is 0.0628. The number of esters is 1. The molecule has 1 aromatic carbocycles. The normalized spacial score (nSPS) is 13.5. The summed E-state index contributed by atoms with van der Waals surface area (Å²) in [6, 6.07) is 8.58. The van der Waals surface area contributed by atoms with Gasteiger partial charge in [0.25, 0.3) is 11.6 Å². The molecule has 1 aromatic heterocycles. The first kappa shape index (κ1) is 21.6. The van der Waals surface area contributed by atoms with Crippen LogP contribution in [0.25, 0.3) is 0 Å². The minimum Gasteiger partial charge on any atom is -0.463 e. The number of amides is 1. The van der Waals surface area contributed by atoms with Gasteiger partial charge >= 0.3 is 12.1 Å². The van der Waals surface area contributed by atoms with E-state index in [-0.39, 0.29) is 17.2 Å². The second-order valence-electron chi connectivity index (χ2n) is 5.62. The number of rotatable bonds is 7. The third-order valence-corrected chi connectivity index (χ3v) is 4.04. The summed E-state index contributed by atoms with van der Waals surface area (Å²) in [5, 5.41) is 3.74. The van der Waals surface area contributed by atoms with E-state index in [0.717, 1.165) is 0 Å². The maximum absolute atomic E-state index is 14.0. The van der Waals surface area contributed by atoms with Gasteiger partial charge in [-0.2, -0.15) is 13.2 Å². The Balaban J connectivity index is 2.42. The average molecular weight is 416 g/mol. The van der Waals surface area contributed by atoms with Gasteiger partial charge < -0.3 is 10.1 Å². The maximum Gasteiger partial charge on any atom is 0.436 e. The lowest BCUT2D eigenvalue weighted by molar-refractivity contribution is -0.219. The van der Waals surface area contributed by atoms with Crippen LogP contribution in [0.1, 0.15) is 22.8 Å². The predicted octanol–water partition coefficient (Wildman–Crippen LogP) is 3.08. The molecule has 0 aliphatic carbocycles. The van der Waals surface area contributed by atoms with E-state index in [1.54, 1.807) is 5.32 Å². The summed E-state index contributed by atoms with van der Waals surface area (Å²) in [4.78, 5) is 28.6. The van der Waals surface area contributed by atoms with Gasteiger partial charge in [0, 0.05) is 18.9 Å². The van der Waals surface area contributed by atoms with Crippen LogP contribution in [0.4, 0.5) is 13.2 Å². The molecule has 0 spiro atoms. The third kappa shape index (κ3) is 4.79. The Hall–Kier alpha value is -2.65. The minimum atomic E-state index is -5.21. The Morgan fingerprint density at radius 2 is 1.89 bits per heavy atom. The number of hydrogen-bond acceptors (Lipinski definition) is 5. The fourth-order valence-corrected chi connectivity index (χ4v) is 2.54. The molecule has 0 saturated carbocycles. The van der Waals surface area contributed by atoms with E-state index in [9.17, 15) is 22.8 Å². The summed E-state index contributed by atoms with van der Waals surface area (Å²) in [6.45, 7) is 0.637. The molecule has 0 aliphatic heterocycles. The number of benzene rings is 1. The van der Waals surface area contributed by atoms with E-state index in [1.165, 1.54) is 55.7 Å². The molecular formula is C18H17ClF3N3O3. The molecule has 0 fully saturated rings. The summed E-state index contributed by atoms with van der Waals surface area (Å²) in [5.41, 5.74) is -3.33. The molecular weight excluding hydrogens is 399 g/mol. The highest BCUT2D eigenvalue weighted by Gasteiger charge is 2.63. The highest BCUT2D eigenvalue weighted by Crippen LogP contribution is 2.31. The molecule has 0 saturated heterocycles. The van der Waals surface area contributed by atoms with E-state index in [1.807, 2.05) is 0 Å². The lowest BCUT2D eigenvalue weighted by atomic mass is 10.1. The van der Waals surface area contributed by atoms with Crippen LogP contribution in [0.5, 0.6) is 0 Å². The van der Waals surface area contributed by atoms with Crippen LogP contribution in [-0.4, -0.2) is 35.3 Å². The smallest absolute Gasteiger partial charge is 0.436 e. The molecule has 1 atom stereocenters. The van der Waals surface area contributed by atoms with Crippen LogP contribution in [0.2, 0.25) is 5.02 Å². The molecule has 28 heavy (non-hydrogen) atoms. The van der Waals surface area contributed by atoms with Crippen molar-refractivity contribution in [2.45, 2.75) is 25.3 Å². The SMILES string of the molecule is CCOC(=O)[C@](NCc1cccnc1)(NC(=O)c1ccccc1Cl)C(F)(F)F. The fraction of sp³-hybridized carbons (Fsp3) is 0.278. The Labute approximate surface area is 164 Å². The predicted molar refractivity (Wildman–Crippen MR) is 95.4 cm³/mol. The highest BCUT2D eigenvalue weighted by atomic mass is 35.5. The van der Waals surface area contributed by atoms with Gasteiger partial charge in [-0.15, -0.1) is 0 Å². The number of hydrogen-bond donors (Lipinski definition) is 2. The van der Waals surface area contributed by atoms with Gasteiger partial charge in [0.15, 0.2) is 0 Å². The Morgan fingerprint density at radius 3 is 2.46 bits per heavy atom. The number of carbonyl (C=O) groups is 2. The zero-order valence-corrected chi connectivity index (χ0v) is 15.5. The van der Waals surface area contributed by atoms with Crippen molar-refractivity contribution < 1.29 is 27.5 Å². The molecule has 2 rings (SSSR count). The summed E-state index contributed by atoms with van der Waals surface area (Å²) in [6.07, 6.45) is -2.43. The zero-order chi connectivity index (χ0) is 20.8. The molecule has 0 unspecified atom stereocenters. The van der Waals surface area contributed by atoms with Gasteiger partial charge in [-0.3, -0.25) is 15.1 Å². The van der Waals surface area contributed by atoms with Crippen molar-refractivity contribution >= 4 is 23.5 Å². The van der Waals surface area contributed by atoms with Crippen LogP contribution in [0.3, 0.4) is 0 Å². The molecule has 1 heterocycles. The topological polar surface area (TPSA) is 80.3 Å². The average Bonchev–Trinajstić information content (AvgIpc) is 2.65. The van der Waals surface area contributed by atoms with Gasteiger partial charge in [0.2, 0.25) is 0 Å². The summed E-state index contributed by atoms with van der Waals surface area (Å²) < 4.78 is 46.6. The standard InChI is InChI=1S/C18H17ClF3N3O3/c1-2-28-16(27)17(18(20,21)22,24-11-12-6-5-9-23-10-12)25-15(26)13-7-3-4-8-14(13)19/h3-10,24H,2,11H2,1H3,(H,25,26)/t17-/m0/s1. The summed E-state index contributed by atoms with van der Waals surface area (Å²) in [7, 11) is 0. The number of carbonyl (C=O) groups excluding carboxylic acids is 2. The van der Waals surface area contributed by atoms with E-state index in [2.05, 4.69) is 15.0 Å². The molecule has 2 aromatic rings. The highest BCUT2D eigenvalue weighted by molar-refractivity contribution is 6.33. The Kier molecular flexibility index (Phi) is 6.98. The Morgan fingerprint density at radius 1 is 1.18 bits per heavy atom. The van der Waals surface area contributed by atoms with Crippen molar-refractivity contribution in [3.8, 4) is 0 Å².